The number of hydrogen-bond donors (Lipinski definition) is 0. The zero-order valence-electron chi connectivity index (χ0n) is 17.7. The fraction of sp³-hybridized carbons (Fsp3) is 0.111. The minimum Gasteiger partial charge on any atom is -0.294 e. The molecule has 0 amide bonds. The topological polar surface area (TPSA) is 77.3 Å². The summed E-state index contributed by atoms with van der Waals surface area (Å²) in [5.41, 5.74) is 2.14. The number of nitrogens with zero attached hydrogens (tertiary/aromatic N) is 1. The van der Waals surface area contributed by atoms with Gasteiger partial charge in [-0.15, -0.1) is 0 Å². The highest BCUT2D eigenvalue weighted by Crippen LogP contribution is 2.30. The van der Waals surface area contributed by atoms with E-state index in [2.05, 4.69) is 15.9 Å². The van der Waals surface area contributed by atoms with Crippen molar-refractivity contribution in [1.82, 2.24) is 0 Å². The van der Waals surface area contributed by atoms with Crippen LogP contribution in [0.1, 0.15) is 22.6 Å². The molecular formula is C27H22BrNO4. The van der Waals surface area contributed by atoms with Crippen molar-refractivity contribution >= 4 is 39.6 Å². The van der Waals surface area contributed by atoms with Crippen molar-refractivity contribution in [2.24, 2.45) is 5.92 Å². The molecule has 0 aliphatic carbocycles. The van der Waals surface area contributed by atoms with Crippen LogP contribution in [0.15, 0.2) is 102 Å². The maximum Gasteiger partial charge on any atom is 0.211 e. The third-order valence-electron chi connectivity index (χ3n) is 5.12. The largest absolute Gasteiger partial charge is 0.294 e. The molecule has 0 spiro atoms. The lowest BCUT2D eigenvalue weighted by Crippen LogP contribution is -2.32. The molecule has 1 atom stereocenters. The van der Waals surface area contributed by atoms with Crippen LogP contribution in [0.25, 0.3) is 12.2 Å². The Hall–Kier alpha value is -3.64. The van der Waals surface area contributed by atoms with Gasteiger partial charge < -0.3 is 0 Å². The molecule has 0 radical (unpaired) electrons. The predicted molar refractivity (Wildman–Crippen MR) is 133 cm³/mol. The van der Waals surface area contributed by atoms with Crippen molar-refractivity contribution in [2.75, 3.05) is 6.54 Å². The zero-order valence-corrected chi connectivity index (χ0v) is 19.3. The summed E-state index contributed by atoms with van der Waals surface area (Å²) in [6.07, 6.45) is 5.90. The Morgan fingerprint density at radius 1 is 0.818 bits per heavy atom. The van der Waals surface area contributed by atoms with Gasteiger partial charge in [-0.1, -0.05) is 101 Å². The van der Waals surface area contributed by atoms with Crippen molar-refractivity contribution in [1.29, 1.82) is 0 Å². The molecule has 166 valence electrons. The van der Waals surface area contributed by atoms with Gasteiger partial charge in [0.15, 0.2) is 11.6 Å². The summed E-state index contributed by atoms with van der Waals surface area (Å²) >= 11 is 3.37. The maximum absolute atomic E-state index is 13.3. The van der Waals surface area contributed by atoms with Gasteiger partial charge in [0, 0.05) is 9.40 Å². The fourth-order valence-corrected chi connectivity index (χ4v) is 3.95. The van der Waals surface area contributed by atoms with E-state index in [4.69, 9.17) is 0 Å². The molecule has 6 heteroatoms. The number of allylic oxidation sites excluding steroid dienone is 2. The SMILES string of the molecule is O=C(/C=C/c1ccccc1)C(C(=O)/C=C/c1ccccc1)[C@@H](C[N+](=O)[O-])c1cccc(Br)c1. The number of benzene rings is 3. The van der Waals surface area contributed by atoms with Gasteiger partial charge in [0.25, 0.3) is 0 Å². The van der Waals surface area contributed by atoms with Crippen molar-refractivity contribution in [2.45, 2.75) is 5.92 Å². The number of ketones is 2. The first-order valence-corrected chi connectivity index (χ1v) is 11.1. The van der Waals surface area contributed by atoms with Gasteiger partial charge in [0.05, 0.1) is 11.8 Å². The molecule has 3 aromatic rings. The lowest BCUT2D eigenvalue weighted by atomic mass is 9.80. The molecule has 3 aromatic carbocycles. The third kappa shape index (κ3) is 7.19. The fourth-order valence-electron chi connectivity index (χ4n) is 3.53. The van der Waals surface area contributed by atoms with E-state index in [1.807, 2.05) is 60.7 Å². The van der Waals surface area contributed by atoms with E-state index < -0.39 is 34.9 Å². The molecule has 0 saturated carbocycles. The summed E-state index contributed by atoms with van der Waals surface area (Å²) in [4.78, 5) is 37.6. The van der Waals surface area contributed by atoms with Crippen LogP contribution in [0.4, 0.5) is 0 Å². The summed E-state index contributed by atoms with van der Waals surface area (Å²) in [5.74, 6) is -3.11. The Kier molecular flexibility index (Phi) is 8.61. The molecule has 0 bridgehead atoms. The minimum absolute atomic E-state index is 0.478. The van der Waals surface area contributed by atoms with Gasteiger partial charge in [-0.25, -0.2) is 0 Å². The molecule has 0 heterocycles. The van der Waals surface area contributed by atoms with Crippen molar-refractivity contribution < 1.29 is 14.5 Å². The highest BCUT2D eigenvalue weighted by molar-refractivity contribution is 9.10. The van der Waals surface area contributed by atoms with Gasteiger partial charge in [0.1, 0.15) is 0 Å². The normalized spacial score (nSPS) is 12.3. The van der Waals surface area contributed by atoms with E-state index in [0.29, 0.717) is 10.0 Å². The van der Waals surface area contributed by atoms with Crippen LogP contribution in [0, 0.1) is 16.0 Å². The summed E-state index contributed by atoms with van der Waals surface area (Å²) in [5, 5.41) is 11.5. The van der Waals surface area contributed by atoms with Gasteiger partial charge in [-0.05, 0) is 41.0 Å². The molecule has 0 aliphatic rings. The van der Waals surface area contributed by atoms with Gasteiger partial charge >= 0.3 is 0 Å². The first-order valence-electron chi connectivity index (χ1n) is 10.4. The molecule has 0 unspecified atom stereocenters. The summed E-state index contributed by atoms with van der Waals surface area (Å²) in [6, 6.07) is 25.3. The average molecular weight is 504 g/mol. The van der Waals surface area contributed by atoms with Crippen molar-refractivity contribution in [3.05, 3.63) is 128 Å². The molecule has 0 saturated heterocycles. The van der Waals surface area contributed by atoms with Crippen LogP contribution in [0.3, 0.4) is 0 Å². The van der Waals surface area contributed by atoms with Crippen molar-refractivity contribution in [3.63, 3.8) is 0 Å². The highest BCUT2D eigenvalue weighted by Gasteiger charge is 2.36. The molecular weight excluding hydrogens is 482 g/mol. The van der Waals surface area contributed by atoms with E-state index in [1.54, 1.807) is 36.4 Å². The number of carbonyl (C=O) groups excluding carboxylic acids is 2. The molecule has 0 fully saturated rings. The van der Waals surface area contributed by atoms with E-state index in [-0.39, 0.29) is 0 Å². The Morgan fingerprint density at radius 3 is 1.79 bits per heavy atom. The Bertz CT molecular complexity index is 1110. The van der Waals surface area contributed by atoms with E-state index >= 15 is 0 Å². The van der Waals surface area contributed by atoms with Gasteiger partial charge in [-0.3, -0.25) is 19.7 Å². The molecule has 5 nitrogen and oxygen atoms in total. The second-order valence-corrected chi connectivity index (χ2v) is 8.36. The Morgan fingerprint density at radius 2 is 1.33 bits per heavy atom. The molecule has 0 aromatic heterocycles. The number of carbonyl (C=O) groups is 2. The molecule has 0 aliphatic heterocycles. The summed E-state index contributed by atoms with van der Waals surface area (Å²) in [6.45, 7) is -0.545. The molecule has 3 rings (SSSR count). The van der Waals surface area contributed by atoms with Crippen molar-refractivity contribution in [3.8, 4) is 0 Å². The second-order valence-electron chi connectivity index (χ2n) is 7.45. The number of halogens is 1. The Labute approximate surface area is 200 Å². The lowest BCUT2D eigenvalue weighted by molar-refractivity contribution is -0.484. The minimum atomic E-state index is -1.23. The summed E-state index contributed by atoms with van der Waals surface area (Å²) in [7, 11) is 0. The van der Waals surface area contributed by atoms with E-state index in [9.17, 15) is 19.7 Å². The molecule has 0 N–H and O–H groups in total. The standard InChI is InChI=1S/C27H22BrNO4/c28-23-13-7-12-22(18-23)24(19-29(32)33)27(25(30)16-14-20-8-3-1-4-9-20)26(31)17-15-21-10-5-2-6-11-21/h1-18,24,27H,19H2/b16-14+,17-15+/t24-/m0/s1. The predicted octanol–water partition coefficient (Wildman–Crippen LogP) is 5.99. The second kappa shape index (κ2) is 11.8. The number of hydrogen-bond acceptors (Lipinski definition) is 4. The van der Waals surface area contributed by atoms with Crippen LogP contribution in [-0.2, 0) is 9.59 Å². The van der Waals surface area contributed by atoms with Crippen LogP contribution in [0.2, 0.25) is 0 Å². The third-order valence-corrected chi connectivity index (χ3v) is 5.61. The Balaban J connectivity index is 2.00. The first-order chi connectivity index (χ1) is 15.9. The monoisotopic (exact) mass is 503 g/mol. The smallest absolute Gasteiger partial charge is 0.211 e. The van der Waals surface area contributed by atoms with Gasteiger partial charge in [-0.2, -0.15) is 0 Å². The van der Waals surface area contributed by atoms with Crippen LogP contribution >= 0.6 is 15.9 Å². The van der Waals surface area contributed by atoms with Gasteiger partial charge in [0.2, 0.25) is 6.54 Å². The van der Waals surface area contributed by atoms with E-state index in [1.165, 1.54) is 12.2 Å². The first kappa shape index (κ1) is 24.0. The van der Waals surface area contributed by atoms with Crippen LogP contribution < -0.4 is 0 Å². The number of nitro groups is 1. The van der Waals surface area contributed by atoms with E-state index in [0.717, 1.165) is 11.1 Å². The maximum atomic E-state index is 13.3. The average Bonchev–Trinajstić information content (AvgIpc) is 2.82. The highest BCUT2D eigenvalue weighted by atomic mass is 79.9. The summed E-state index contributed by atoms with van der Waals surface area (Å²) < 4.78 is 0.714. The zero-order chi connectivity index (χ0) is 23.6. The van der Waals surface area contributed by atoms with Crippen LogP contribution in [0.5, 0.6) is 0 Å². The molecule has 33 heavy (non-hydrogen) atoms. The number of rotatable bonds is 10. The quantitative estimate of drug-likeness (QED) is 0.147. The lowest BCUT2D eigenvalue weighted by Gasteiger charge is -2.21. The van der Waals surface area contributed by atoms with Crippen LogP contribution in [-0.4, -0.2) is 23.0 Å².